The Labute approximate surface area is 111 Å². The second-order valence-electron chi connectivity index (χ2n) is 4.02. The Morgan fingerprint density at radius 3 is 2.84 bits per heavy atom. The van der Waals surface area contributed by atoms with E-state index in [-0.39, 0.29) is 6.61 Å². The molecule has 2 rings (SSSR count). The number of carbonyl (C=O) groups is 1. The Hall–Kier alpha value is -2.80. The van der Waals surface area contributed by atoms with Crippen LogP contribution in [0.2, 0.25) is 0 Å². The minimum absolute atomic E-state index is 0.278. The summed E-state index contributed by atoms with van der Waals surface area (Å²) in [4.78, 5) is 10.9. The zero-order valence-electron chi connectivity index (χ0n) is 10.2. The number of nitrogens with zero attached hydrogens (tertiary/aromatic N) is 1. The molecule has 4 nitrogen and oxygen atoms in total. The molecule has 0 heterocycles. The predicted molar refractivity (Wildman–Crippen MR) is 71.7 cm³/mol. The fraction of sp³-hybridized carbons (Fsp3) is 0.0667. The third-order valence-electron chi connectivity index (χ3n) is 2.62. The van der Waals surface area contributed by atoms with Crippen LogP contribution in [0.5, 0.6) is 5.75 Å². The van der Waals surface area contributed by atoms with Crippen molar-refractivity contribution in [2.24, 2.45) is 0 Å². The van der Waals surface area contributed by atoms with Crippen LogP contribution < -0.4 is 10.5 Å². The average Bonchev–Trinajstić information content (AvgIpc) is 2.45. The van der Waals surface area contributed by atoms with E-state index in [0.717, 1.165) is 11.8 Å². The van der Waals surface area contributed by atoms with E-state index in [1.807, 2.05) is 6.07 Å². The molecule has 0 atom stereocenters. The molecular formula is C15H12N2O2. The summed E-state index contributed by atoms with van der Waals surface area (Å²) in [5.74, 6) is 0.442. The molecule has 0 bridgehead atoms. The summed E-state index contributed by atoms with van der Waals surface area (Å²) >= 11 is 0. The van der Waals surface area contributed by atoms with Crippen LogP contribution in [-0.4, -0.2) is 6.29 Å². The van der Waals surface area contributed by atoms with Crippen LogP contribution in [0.4, 0.5) is 5.69 Å². The van der Waals surface area contributed by atoms with Gasteiger partial charge in [0.15, 0.2) is 6.29 Å². The van der Waals surface area contributed by atoms with Gasteiger partial charge in [-0.25, -0.2) is 0 Å². The highest BCUT2D eigenvalue weighted by Gasteiger charge is 2.04. The van der Waals surface area contributed by atoms with Gasteiger partial charge in [-0.2, -0.15) is 5.26 Å². The van der Waals surface area contributed by atoms with Gasteiger partial charge in [-0.1, -0.05) is 12.1 Å². The third-order valence-corrected chi connectivity index (χ3v) is 2.62. The minimum Gasteiger partial charge on any atom is -0.488 e. The Kier molecular flexibility index (Phi) is 3.79. The quantitative estimate of drug-likeness (QED) is 0.670. The summed E-state index contributed by atoms with van der Waals surface area (Å²) in [7, 11) is 0. The molecule has 2 aromatic rings. The lowest BCUT2D eigenvalue weighted by Crippen LogP contribution is -1.99. The lowest BCUT2D eigenvalue weighted by molar-refractivity contribution is 0.111. The maximum atomic E-state index is 10.9. The molecule has 4 heteroatoms. The van der Waals surface area contributed by atoms with Gasteiger partial charge >= 0.3 is 0 Å². The molecule has 2 N–H and O–H groups in total. The molecule has 2 aromatic carbocycles. The van der Waals surface area contributed by atoms with Gasteiger partial charge in [-0.05, 0) is 29.8 Å². The van der Waals surface area contributed by atoms with Crippen LogP contribution in [0.1, 0.15) is 21.5 Å². The summed E-state index contributed by atoms with van der Waals surface area (Å²) in [6.45, 7) is 0.278. The molecule has 0 unspecified atom stereocenters. The molecule has 94 valence electrons. The van der Waals surface area contributed by atoms with Crippen LogP contribution in [0, 0.1) is 11.3 Å². The fourth-order valence-corrected chi connectivity index (χ4v) is 1.67. The molecule has 0 aliphatic rings. The van der Waals surface area contributed by atoms with Gasteiger partial charge in [0.2, 0.25) is 0 Å². The van der Waals surface area contributed by atoms with E-state index in [0.29, 0.717) is 22.6 Å². The highest BCUT2D eigenvalue weighted by molar-refractivity contribution is 5.80. The minimum atomic E-state index is 0.278. The summed E-state index contributed by atoms with van der Waals surface area (Å²) in [6.07, 6.45) is 0.723. The number of carbonyl (C=O) groups excluding carboxylic acids is 1. The number of ether oxygens (including phenoxy) is 1. The van der Waals surface area contributed by atoms with Crippen LogP contribution in [0.15, 0.2) is 42.5 Å². The maximum absolute atomic E-state index is 10.9. The number of hydrogen-bond acceptors (Lipinski definition) is 4. The molecule has 0 aliphatic carbocycles. The second-order valence-corrected chi connectivity index (χ2v) is 4.02. The van der Waals surface area contributed by atoms with Crippen LogP contribution in [-0.2, 0) is 6.61 Å². The number of nitrogens with two attached hydrogens (primary N) is 1. The zero-order valence-corrected chi connectivity index (χ0v) is 10.2. The van der Waals surface area contributed by atoms with Gasteiger partial charge in [0.05, 0.1) is 17.2 Å². The first-order valence-electron chi connectivity index (χ1n) is 5.69. The molecule has 0 aliphatic heterocycles. The van der Waals surface area contributed by atoms with Crippen molar-refractivity contribution in [1.82, 2.24) is 0 Å². The topological polar surface area (TPSA) is 76.1 Å². The lowest BCUT2D eigenvalue weighted by Gasteiger charge is -2.09. The molecule has 0 aromatic heterocycles. The van der Waals surface area contributed by atoms with E-state index in [4.69, 9.17) is 15.7 Å². The van der Waals surface area contributed by atoms with Crippen molar-refractivity contribution in [3.05, 3.63) is 59.2 Å². The second kappa shape index (κ2) is 5.69. The van der Waals surface area contributed by atoms with Gasteiger partial charge in [0.1, 0.15) is 12.4 Å². The number of hydrogen-bond donors (Lipinski definition) is 1. The first kappa shape index (κ1) is 12.7. The van der Waals surface area contributed by atoms with E-state index < -0.39 is 0 Å². The first-order chi connectivity index (χ1) is 9.22. The molecule has 0 radical (unpaired) electrons. The normalized spacial score (nSPS) is 9.63. The van der Waals surface area contributed by atoms with E-state index in [1.165, 1.54) is 0 Å². The molecule has 19 heavy (non-hydrogen) atoms. The van der Waals surface area contributed by atoms with E-state index in [1.54, 1.807) is 36.4 Å². The predicted octanol–water partition coefficient (Wildman–Crippen LogP) is 2.53. The van der Waals surface area contributed by atoms with Crippen LogP contribution in [0.3, 0.4) is 0 Å². The van der Waals surface area contributed by atoms with Crippen molar-refractivity contribution in [3.8, 4) is 11.8 Å². The zero-order chi connectivity index (χ0) is 13.7. The van der Waals surface area contributed by atoms with Gasteiger partial charge < -0.3 is 10.5 Å². The van der Waals surface area contributed by atoms with Gasteiger partial charge in [0.25, 0.3) is 0 Å². The number of benzene rings is 2. The Balaban J connectivity index is 2.16. The van der Waals surface area contributed by atoms with E-state index in [9.17, 15) is 4.79 Å². The van der Waals surface area contributed by atoms with Crippen molar-refractivity contribution in [1.29, 1.82) is 5.26 Å². The average molecular weight is 252 g/mol. The first-order valence-corrected chi connectivity index (χ1v) is 5.69. The van der Waals surface area contributed by atoms with Crippen molar-refractivity contribution in [2.45, 2.75) is 6.61 Å². The number of rotatable bonds is 4. The number of aldehydes is 1. The molecular weight excluding hydrogens is 240 g/mol. The van der Waals surface area contributed by atoms with Gasteiger partial charge in [-0.15, -0.1) is 0 Å². The number of nitrogen functional groups attached to an aromatic ring is 1. The van der Waals surface area contributed by atoms with Gasteiger partial charge in [-0.3, -0.25) is 4.79 Å². The van der Waals surface area contributed by atoms with Crippen LogP contribution in [0.25, 0.3) is 0 Å². The van der Waals surface area contributed by atoms with Crippen molar-refractivity contribution in [2.75, 3.05) is 5.73 Å². The van der Waals surface area contributed by atoms with E-state index in [2.05, 4.69) is 6.07 Å². The molecule has 0 saturated carbocycles. The largest absolute Gasteiger partial charge is 0.488 e. The molecule has 0 amide bonds. The standard InChI is InChI=1S/C15H12N2O2/c16-8-11-2-1-3-12(6-11)10-19-15-7-14(17)5-4-13(15)9-18/h1-7,9H,10,17H2. The lowest BCUT2D eigenvalue weighted by atomic mass is 10.1. The summed E-state index contributed by atoms with van der Waals surface area (Å²) < 4.78 is 5.57. The number of nitriles is 1. The molecule has 0 saturated heterocycles. The summed E-state index contributed by atoms with van der Waals surface area (Å²) in [5, 5.41) is 8.81. The fourth-order valence-electron chi connectivity index (χ4n) is 1.67. The van der Waals surface area contributed by atoms with Crippen molar-refractivity contribution in [3.63, 3.8) is 0 Å². The Morgan fingerprint density at radius 1 is 1.26 bits per heavy atom. The maximum Gasteiger partial charge on any atom is 0.153 e. The third kappa shape index (κ3) is 3.11. The SMILES string of the molecule is N#Cc1cccc(COc2cc(N)ccc2C=O)c1. The summed E-state index contributed by atoms with van der Waals surface area (Å²) in [5.41, 5.74) is 8.07. The van der Waals surface area contributed by atoms with Gasteiger partial charge in [0, 0.05) is 11.8 Å². The van der Waals surface area contributed by atoms with Crippen LogP contribution >= 0.6 is 0 Å². The van der Waals surface area contributed by atoms with Crippen molar-refractivity contribution < 1.29 is 9.53 Å². The summed E-state index contributed by atoms with van der Waals surface area (Å²) in [6, 6.07) is 14.0. The van der Waals surface area contributed by atoms with E-state index >= 15 is 0 Å². The van der Waals surface area contributed by atoms with Crippen molar-refractivity contribution >= 4 is 12.0 Å². The highest BCUT2D eigenvalue weighted by Crippen LogP contribution is 2.21. The molecule has 0 spiro atoms. The monoisotopic (exact) mass is 252 g/mol. The molecule has 0 fully saturated rings. The Morgan fingerprint density at radius 2 is 2.11 bits per heavy atom. The Bertz CT molecular complexity index is 645. The smallest absolute Gasteiger partial charge is 0.153 e. The number of anilines is 1. The highest BCUT2D eigenvalue weighted by atomic mass is 16.5.